The first-order valence-corrected chi connectivity index (χ1v) is 8.76. The number of hydrogen-bond donors (Lipinski definition) is 0. The van der Waals surface area contributed by atoms with E-state index in [9.17, 15) is 19.6 Å². The van der Waals surface area contributed by atoms with E-state index in [0.29, 0.717) is 0 Å². The van der Waals surface area contributed by atoms with Crippen molar-refractivity contribution in [3.8, 4) is 0 Å². The van der Waals surface area contributed by atoms with Crippen LogP contribution in [0, 0.1) is 0 Å². The predicted molar refractivity (Wildman–Crippen MR) is 43.3 cm³/mol. The molecule has 4 nitrogen and oxygen atoms in total. The first-order chi connectivity index (χ1) is 4.00. The maximum atomic E-state index is 9.29. The average molecular weight is 430 g/mol. The predicted octanol–water partition coefficient (Wildman–Crippen LogP) is -3.05. The van der Waals surface area contributed by atoms with Crippen LogP contribution in [0.25, 0.3) is 0 Å². The quantitative estimate of drug-likeness (QED) is 0.228. The van der Waals surface area contributed by atoms with Crippen LogP contribution in [0.15, 0.2) is 0 Å². The van der Waals surface area contributed by atoms with E-state index in [1.807, 2.05) is 0 Å². The van der Waals surface area contributed by atoms with Gasteiger partial charge >= 0.3 is 49.5 Å². The summed E-state index contributed by atoms with van der Waals surface area (Å²) < 4.78 is 0. The zero-order chi connectivity index (χ0) is 9.00. The SMILES string of the molecule is [Ni+2].[Ni+2].[Ni+2].[O-]P([O-])(=S)[S-].[O-]P([O-])(=S)[S-]. The van der Waals surface area contributed by atoms with Gasteiger partial charge in [0.05, 0.1) is 0 Å². The van der Waals surface area contributed by atoms with E-state index in [2.05, 4.69) is 48.1 Å². The zero-order valence-electron chi connectivity index (χ0n) is 5.11. The molecular formula is Ni3O4P2S4. The summed E-state index contributed by atoms with van der Waals surface area (Å²) in [4.78, 5) is 37.2. The van der Waals surface area contributed by atoms with Crippen molar-refractivity contribution in [3.05, 3.63) is 0 Å². The minimum absolute atomic E-state index is 0. The largest absolute Gasteiger partial charge is 2.00 e. The van der Waals surface area contributed by atoms with Gasteiger partial charge in [-0.05, 0) is 0 Å². The monoisotopic (exact) mass is 428 g/mol. The van der Waals surface area contributed by atoms with Gasteiger partial charge in [-0.25, -0.2) is 0 Å². The molecule has 0 aromatic carbocycles. The van der Waals surface area contributed by atoms with Gasteiger partial charge in [0.15, 0.2) is 0 Å². The fourth-order valence-electron chi connectivity index (χ4n) is 0. The van der Waals surface area contributed by atoms with Gasteiger partial charge < -0.3 is 55.5 Å². The third-order valence-electron chi connectivity index (χ3n) is 0. The van der Waals surface area contributed by atoms with Crippen LogP contribution in [-0.2, 0) is 97.6 Å². The minimum atomic E-state index is -3.72. The normalized spacial score (nSPS) is 9.08. The van der Waals surface area contributed by atoms with Crippen LogP contribution >= 0.6 is 11.4 Å². The summed E-state index contributed by atoms with van der Waals surface area (Å²) in [5.74, 6) is 0. The summed E-state index contributed by atoms with van der Waals surface area (Å²) in [7, 11) is 0. The molecule has 0 aliphatic rings. The number of hydrogen-bond acceptors (Lipinski definition) is 8. The van der Waals surface area contributed by atoms with Crippen molar-refractivity contribution in [2.75, 3.05) is 0 Å². The second-order valence-electron chi connectivity index (χ2n) is 0.894. The van der Waals surface area contributed by atoms with Crippen molar-refractivity contribution in [1.82, 2.24) is 0 Å². The van der Waals surface area contributed by atoms with E-state index >= 15 is 0 Å². The Bertz CT molecular complexity index is 138. The van der Waals surface area contributed by atoms with Gasteiger partial charge in [0.25, 0.3) is 0 Å². The third kappa shape index (κ3) is 247. The van der Waals surface area contributed by atoms with Crippen molar-refractivity contribution < 1.29 is 69.0 Å². The Balaban J connectivity index is -0.0000000267. The molecule has 13 heteroatoms. The molecule has 0 heterocycles. The van der Waals surface area contributed by atoms with Crippen LogP contribution in [0.4, 0.5) is 0 Å². The molecule has 0 aromatic heterocycles. The summed E-state index contributed by atoms with van der Waals surface area (Å²) in [6.07, 6.45) is 0. The molecule has 0 N–H and O–H groups in total. The Morgan fingerprint density at radius 2 is 0.692 bits per heavy atom. The van der Waals surface area contributed by atoms with Crippen LogP contribution in [-0.4, -0.2) is 0 Å². The number of rotatable bonds is 0. The van der Waals surface area contributed by atoms with Gasteiger partial charge in [0, 0.05) is 0 Å². The minimum Gasteiger partial charge on any atom is -0.850 e. The molecule has 88 valence electrons. The van der Waals surface area contributed by atoms with Gasteiger partial charge in [-0.1, -0.05) is 0 Å². The fourth-order valence-corrected chi connectivity index (χ4v) is 0. The van der Waals surface area contributed by atoms with Gasteiger partial charge in [-0.2, -0.15) is 23.6 Å². The van der Waals surface area contributed by atoms with Crippen molar-refractivity contribution in [1.29, 1.82) is 0 Å². The Kier molecular flexibility index (Phi) is 30.8. The van der Waals surface area contributed by atoms with Gasteiger partial charge in [0.1, 0.15) is 0 Å². The van der Waals surface area contributed by atoms with Crippen molar-refractivity contribution >= 4 is 59.5 Å². The Hall–Kier alpha value is 3.32. The molecule has 13 heavy (non-hydrogen) atoms. The van der Waals surface area contributed by atoms with Crippen molar-refractivity contribution in [3.63, 3.8) is 0 Å². The molecule has 0 radical (unpaired) electrons. The molecule has 0 saturated heterocycles. The second-order valence-corrected chi connectivity index (χ2v) is 9.84. The van der Waals surface area contributed by atoms with E-state index < -0.39 is 11.4 Å². The molecule has 0 amide bonds. The first-order valence-electron chi connectivity index (χ1n) is 1.46. The molecule has 0 rings (SSSR count). The van der Waals surface area contributed by atoms with Crippen molar-refractivity contribution in [2.45, 2.75) is 0 Å². The van der Waals surface area contributed by atoms with E-state index in [1.54, 1.807) is 0 Å². The van der Waals surface area contributed by atoms with Crippen LogP contribution in [0.1, 0.15) is 0 Å². The molecule has 0 aromatic rings. The van der Waals surface area contributed by atoms with E-state index in [-0.39, 0.29) is 49.5 Å². The summed E-state index contributed by atoms with van der Waals surface area (Å²) >= 11 is 14.6. The Morgan fingerprint density at radius 1 is 0.692 bits per heavy atom. The summed E-state index contributed by atoms with van der Waals surface area (Å²) in [6, 6.07) is 0. The zero-order valence-corrected chi connectivity index (χ0v) is 13.1. The maximum Gasteiger partial charge on any atom is 2.00 e. The molecule has 0 aliphatic carbocycles. The Morgan fingerprint density at radius 3 is 0.692 bits per heavy atom. The van der Waals surface area contributed by atoms with Crippen molar-refractivity contribution in [2.24, 2.45) is 0 Å². The first kappa shape index (κ1) is 29.9. The van der Waals surface area contributed by atoms with E-state index in [1.165, 1.54) is 0 Å². The van der Waals surface area contributed by atoms with Gasteiger partial charge in [-0.15, -0.1) is 0 Å². The Labute approximate surface area is 127 Å². The molecule has 0 saturated carbocycles. The standard InChI is InChI=1S/3Ni.2H3O2PS2/c;;;2*1-3(2,4)5/h;;;2*(H3,1,2,4,5)/q3*+2;;/p-6. The van der Waals surface area contributed by atoms with Crippen LogP contribution in [0.3, 0.4) is 0 Å². The molecule has 0 bridgehead atoms. The maximum absolute atomic E-state index is 9.29. The third-order valence-corrected chi connectivity index (χ3v) is 0. The van der Waals surface area contributed by atoms with E-state index in [4.69, 9.17) is 0 Å². The molecule has 0 fully saturated rings. The van der Waals surface area contributed by atoms with Crippen LogP contribution in [0.2, 0.25) is 0 Å². The fraction of sp³-hybridized carbons (Fsp3) is 0. The topological polar surface area (TPSA) is 92.2 Å². The average Bonchev–Trinajstić information content (AvgIpc) is 1.12. The van der Waals surface area contributed by atoms with E-state index in [0.717, 1.165) is 0 Å². The molecule has 0 unspecified atom stereocenters. The van der Waals surface area contributed by atoms with Gasteiger partial charge in [-0.3, -0.25) is 0 Å². The molecule has 0 aliphatic heterocycles. The van der Waals surface area contributed by atoms with Crippen LogP contribution < -0.4 is 19.6 Å². The smallest absolute Gasteiger partial charge is 0.850 e. The summed E-state index contributed by atoms with van der Waals surface area (Å²) in [6.45, 7) is 0. The molecule has 0 spiro atoms. The molecular weight excluding hydrogens is 430 g/mol. The van der Waals surface area contributed by atoms with Gasteiger partial charge in [0.2, 0.25) is 0 Å². The second kappa shape index (κ2) is 13.4. The molecule has 0 atom stereocenters. The summed E-state index contributed by atoms with van der Waals surface area (Å²) in [5, 5.41) is 0. The summed E-state index contributed by atoms with van der Waals surface area (Å²) in [5.41, 5.74) is -7.44. The van der Waals surface area contributed by atoms with Crippen LogP contribution in [0.5, 0.6) is 0 Å².